The molecule has 0 atom stereocenters. The zero-order valence-electron chi connectivity index (χ0n) is 11.2. The second kappa shape index (κ2) is 8.91. The summed E-state index contributed by atoms with van der Waals surface area (Å²) in [5, 5.41) is 3.11. The van der Waals surface area contributed by atoms with Crippen molar-refractivity contribution < 1.29 is 8.42 Å². The van der Waals surface area contributed by atoms with Gasteiger partial charge in [0.1, 0.15) is 0 Å². The molecular weight excluding hydrogens is 250 g/mol. The summed E-state index contributed by atoms with van der Waals surface area (Å²) in [7, 11) is -3.36. The number of nitrogens with two attached hydrogens (primary N) is 1. The minimum absolute atomic E-state index is 0.203. The maximum Gasteiger partial charge on any atom is 0.240 e. The molecule has 0 amide bonds. The number of rotatable bonds is 5. The molecule has 6 heteroatoms. The Bertz CT molecular complexity index is 431. The average Bonchev–Trinajstić information content (AvgIpc) is 2.31. The predicted octanol–water partition coefficient (Wildman–Crippen LogP) is 1.18. The van der Waals surface area contributed by atoms with Gasteiger partial charge in [-0.3, -0.25) is 0 Å². The molecule has 0 saturated carbocycles. The molecule has 0 bridgehead atoms. The number of hydrogen-bond donors (Lipinski definition) is 3. The molecule has 1 rings (SSSR count). The van der Waals surface area contributed by atoms with E-state index in [0.29, 0.717) is 12.2 Å². The molecule has 0 fully saturated rings. The first-order valence-corrected chi connectivity index (χ1v) is 7.52. The number of hydrogen-bond acceptors (Lipinski definition) is 4. The monoisotopic (exact) mass is 273 g/mol. The van der Waals surface area contributed by atoms with Crippen molar-refractivity contribution in [1.29, 1.82) is 0 Å². The summed E-state index contributed by atoms with van der Waals surface area (Å²) in [5.74, 6) is 0. The SMILES string of the molecule is CCNCC.CCNS(=O)(=O)c1cccc(N)c1. The van der Waals surface area contributed by atoms with Crippen molar-refractivity contribution in [2.24, 2.45) is 0 Å². The molecule has 0 aliphatic heterocycles. The van der Waals surface area contributed by atoms with Gasteiger partial charge in [0.15, 0.2) is 0 Å². The number of nitrogen functional groups attached to an aromatic ring is 1. The molecule has 0 unspecified atom stereocenters. The van der Waals surface area contributed by atoms with Crippen molar-refractivity contribution in [3.05, 3.63) is 24.3 Å². The molecule has 0 aliphatic rings. The molecule has 0 aliphatic carbocycles. The van der Waals surface area contributed by atoms with Crippen LogP contribution < -0.4 is 15.8 Å². The largest absolute Gasteiger partial charge is 0.399 e. The van der Waals surface area contributed by atoms with Gasteiger partial charge in [-0.05, 0) is 31.3 Å². The van der Waals surface area contributed by atoms with E-state index in [1.54, 1.807) is 19.1 Å². The van der Waals surface area contributed by atoms with E-state index in [0.717, 1.165) is 13.1 Å². The molecule has 0 heterocycles. The third kappa shape index (κ3) is 6.58. The summed E-state index contributed by atoms with van der Waals surface area (Å²) in [6, 6.07) is 6.19. The number of benzene rings is 1. The minimum atomic E-state index is -3.36. The van der Waals surface area contributed by atoms with Gasteiger partial charge >= 0.3 is 0 Å². The van der Waals surface area contributed by atoms with Crippen LogP contribution in [0.5, 0.6) is 0 Å². The highest BCUT2D eigenvalue weighted by atomic mass is 32.2. The second-order valence-corrected chi connectivity index (χ2v) is 5.30. The second-order valence-electron chi connectivity index (χ2n) is 3.53. The van der Waals surface area contributed by atoms with Gasteiger partial charge in [-0.2, -0.15) is 0 Å². The van der Waals surface area contributed by atoms with Crippen molar-refractivity contribution >= 4 is 15.7 Å². The van der Waals surface area contributed by atoms with Crippen LogP contribution >= 0.6 is 0 Å². The maximum absolute atomic E-state index is 11.4. The standard InChI is InChI=1S/C8H12N2O2S.C4H11N/c1-2-10-13(11,12)8-5-3-4-7(9)6-8;1-3-5-4-2/h3-6,10H,2,9H2,1H3;5H,3-4H2,1-2H3. The molecule has 0 saturated heterocycles. The van der Waals surface area contributed by atoms with Crippen molar-refractivity contribution in [2.75, 3.05) is 25.4 Å². The molecule has 0 aromatic heterocycles. The predicted molar refractivity (Wildman–Crippen MR) is 75.9 cm³/mol. The Hall–Kier alpha value is -1.11. The quantitative estimate of drug-likeness (QED) is 0.703. The van der Waals surface area contributed by atoms with Crippen LogP contribution in [0.4, 0.5) is 5.69 Å². The van der Waals surface area contributed by atoms with E-state index < -0.39 is 10.0 Å². The van der Waals surface area contributed by atoms with Crippen LogP contribution in [0.1, 0.15) is 20.8 Å². The Kier molecular flexibility index (Phi) is 8.36. The lowest BCUT2D eigenvalue weighted by Crippen LogP contribution is -2.23. The van der Waals surface area contributed by atoms with Gasteiger partial charge in [-0.15, -0.1) is 0 Å². The van der Waals surface area contributed by atoms with Gasteiger partial charge in [0.05, 0.1) is 4.90 Å². The van der Waals surface area contributed by atoms with Crippen molar-refractivity contribution in [2.45, 2.75) is 25.7 Å². The summed E-state index contributed by atoms with van der Waals surface area (Å²) < 4.78 is 25.2. The van der Waals surface area contributed by atoms with Gasteiger partial charge in [0, 0.05) is 12.2 Å². The van der Waals surface area contributed by atoms with Gasteiger partial charge in [0.2, 0.25) is 10.0 Å². The highest BCUT2D eigenvalue weighted by Gasteiger charge is 2.11. The number of nitrogens with one attached hydrogen (secondary N) is 2. The lowest BCUT2D eigenvalue weighted by molar-refractivity contribution is 0.584. The Morgan fingerprint density at radius 3 is 2.11 bits per heavy atom. The molecule has 0 radical (unpaired) electrons. The fourth-order valence-electron chi connectivity index (χ4n) is 1.21. The zero-order chi connectivity index (χ0) is 14.0. The molecule has 4 N–H and O–H groups in total. The molecule has 1 aromatic rings. The average molecular weight is 273 g/mol. The summed E-state index contributed by atoms with van der Waals surface area (Å²) in [5.41, 5.74) is 5.90. The fourth-order valence-corrected chi connectivity index (χ4v) is 2.30. The van der Waals surface area contributed by atoms with Crippen LogP contribution in [0.3, 0.4) is 0 Å². The summed E-state index contributed by atoms with van der Waals surface area (Å²) in [4.78, 5) is 0.203. The highest BCUT2D eigenvalue weighted by Crippen LogP contribution is 2.11. The topological polar surface area (TPSA) is 84.2 Å². The molecule has 5 nitrogen and oxygen atoms in total. The van der Waals surface area contributed by atoms with Crippen LogP contribution in [0, 0.1) is 0 Å². The third-order valence-electron chi connectivity index (χ3n) is 2.00. The van der Waals surface area contributed by atoms with Crippen LogP contribution in [-0.4, -0.2) is 28.1 Å². The van der Waals surface area contributed by atoms with Crippen molar-refractivity contribution in [1.82, 2.24) is 10.0 Å². The smallest absolute Gasteiger partial charge is 0.240 e. The van der Waals surface area contributed by atoms with E-state index in [1.807, 2.05) is 0 Å². The van der Waals surface area contributed by atoms with Crippen molar-refractivity contribution in [3.63, 3.8) is 0 Å². The first-order valence-electron chi connectivity index (χ1n) is 6.03. The van der Waals surface area contributed by atoms with Gasteiger partial charge in [0.25, 0.3) is 0 Å². The van der Waals surface area contributed by atoms with Crippen LogP contribution in [-0.2, 0) is 10.0 Å². The van der Waals surface area contributed by atoms with Crippen LogP contribution in [0.2, 0.25) is 0 Å². The Morgan fingerprint density at radius 2 is 1.72 bits per heavy atom. The summed E-state index contributed by atoms with van der Waals surface area (Å²) >= 11 is 0. The summed E-state index contributed by atoms with van der Waals surface area (Å²) in [6.07, 6.45) is 0. The molecule has 0 spiro atoms. The van der Waals surface area contributed by atoms with E-state index in [1.165, 1.54) is 12.1 Å². The van der Waals surface area contributed by atoms with E-state index in [9.17, 15) is 8.42 Å². The first-order chi connectivity index (χ1) is 8.47. The molecule has 18 heavy (non-hydrogen) atoms. The molecule has 104 valence electrons. The first kappa shape index (κ1) is 16.9. The van der Waals surface area contributed by atoms with Crippen LogP contribution in [0.15, 0.2) is 29.2 Å². The van der Waals surface area contributed by atoms with Gasteiger partial charge < -0.3 is 11.1 Å². The summed E-state index contributed by atoms with van der Waals surface area (Å²) in [6.45, 7) is 8.49. The van der Waals surface area contributed by atoms with Crippen molar-refractivity contribution in [3.8, 4) is 0 Å². The number of sulfonamides is 1. The number of anilines is 1. The Labute approximate surface area is 110 Å². The lowest BCUT2D eigenvalue weighted by Gasteiger charge is -2.04. The van der Waals surface area contributed by atoms with Gasteiger partial charge in [-0.25, -0.2) is 13.1 Å². The van der Waals surface area contributed by atoms with E-state index in [2.05, 4.69) is 23.9 Å². The zero-order valence-corrected chi connectivity index (χ0v) is 12.0. The van der Waals surface area contributed by atoms with E-state index >= 15 is 0 Å². The Morgan fingerprint density at radius 1 is 1.11 bits per heavy atom. The fraction of sp³-hybridized carbons (Fsp3) is 0.500. The van der Waals surface area contributed by atoms with E-state index in [4.69, 9.17) is 5.73 Å². The van der Waals surface area contributed by atoms with Gasteiger partial charge in [-0.1, -0.05) is 26.8 Å². The normalized spacial score (nSPS) is 10.6. The van der Waals surface area contributed by atoms with E-state index in [-0.39, 0.29) is 4.90 Å². The maximum atomic E-state index is 11.4. The molecule has 1 aromatic carbocycles. The molecular formula is C12H23N3O2S. The highest BCUT2D eigenvalue weighted by molar-refractivity contribution is 7.89. The lowest BCUT2D eigenvalue weighted by atomic mass is 10.3. The minimum Gasteiger partial charge on any atom is -0.399 e. The Balaban J connectivity index is 0.000000494. The van der Waals surface area contributed by atoms with Crippen LogP contribution in [0.25, 0.3) is 0 Å². The third-order valence-corrected chi connectivity index (χ3v) is 3.55.